The zero-order valence-electron chi connectivity index (χ0n) is 39.2. The predicted octanol–water partition coefficient (Wildman–Crippen LogP) is 16.0. The summed E-state index contributed by atoms with van der Waals surface area (Å²) >= 11 is 0. The molecule has 0 saturated carbocycles. The van der Waals surface area contributed by atoms with E-state index < -0.39 is 73.8 Å². The van der Waals surface area contributed by atoms with Crippen molar-refractivity contribution in [3.05, 3.63) is 179 Å². The molecule has 1 aliphatic rings. The Labute approximate surface area is 421 Å². The zero-order chi connectivity index (χ0) is 55.3. The van der Waals surface area contributed by atoms with E-state index in [1.54, 1.807) is 97.1 Å². The van der Waals surface area contributed by atoms with Crippen LogP contribution in [-0.2, 0) is 13.0 Å². The van der Waals surface area contributed by atoms with Gasteiger partial charge in [-0.1, -0.05) is 115 Å². The summed E-state index contributed by atoms with van der Waals surface area (Å²) in [5.41, 5.74) is 4.32. The fourth-order valence-corrected chi connectivity index (χ4v) is 9.43. The van der Waals surface area contributed by atoms with Crippen molar-refractivity contribution in [2.75, 3.05) is 11.4 Å². The molecule has 76 heavy (non-hydrogen) atoms. The number of hydrogen-bond acceptors (Lipinski definition) is 1. The van der Waals surface area contributed by atoms with E-state index >= 15 is 8.78 Å². The molecule has 1 aromatic heterocycles. The SMILES string of the molecule is FC(F)(F)C(F)(F)C(F)(F)C(F)(F)CC[NH2+]c1cccc2cccc(C/C=C/C3=C(N(c4ccccc4)c4ccccc4)C(=C/C=c4\c5cccc6cccc(c65)n4CCC(F)(F)C(F)(F)C(F)(F)C(F)(F)F)/CC3)c12. The van der Waals surface area contributed by atoms with E-state index in [1.165, 1.54) is 34.9 Å². The molecule has 0 bridgehead atoms. The van der Waals surface area contributed by atoms with E-state index in [-0.39, 0.29) is 23.0 Å². The van der Waals surface area contributed by atoms with Crippen LogP contribution in [0.3, 0.4) is 0 Å². The van der Waals surface area contributed by atoms with Gasteiger partial charge in [0, 0.05) is 51.4 Å². The second kappa shape index (κ2) is 20.2. The Bertz CT molecular complexity index is 3320. The van der Waals surface area contributed by atoms with E-state index in [4.69, 9.17) is 0 Å². The number of rotatable bonds is 18. The molecule has 1 aliphatic carbocycles. The fourth-order valence-electron chi connectivity index (χ4n) is 9.43. The molecule has 402 valence electrons. The third-order valence-electron chi connectivity index (χ3n) is 13.3. The zero-order valence-corrected chi connectivity index (χ0v) is 39.2. The fraction of sp³-hybridized carbons (Fsp3) is 0.273. The van der Waals surface area contributed by atoms with E-state index in [2.05, 4.69) is 0 Å². The molecule has 21 heteroatoms. The lowest BCUT2D eigenvalue weighted by Crippen LogP contribution is -2.79. The highest BCUT2D eigenvalue weighted by molar-refractivity contribution is 6.10. The molecule has 8 rings (SSSR count). The molecule has 6 aromatic carbocycles. The molecule has 3 nitrogen and oxygen atoms in total. The van der Waals surface area contributed by atoms with Gasteiger partial charge in [0.15, 0.2) is 0 Å². The maximum Gasteiger partial charge on any atom is 0.460 e. The van der Waals surface area contributed by atoms with E-state index in [9.17, 15) is 70.2 Å². The molecule has 0 radical (unpaired) electrons. The van der Waals surface area contributed by atoms with Gasteiger partial charge in [-0.2, -0.15) is 79.0 Å². The number of benzene rings is 6. The van der Waals surface area contributed by atoms with Gasteiger partial charge in [0.1, 0.15) is 5.69 Å². The first-order valence-corrected chi connectivity index (χ1v) is 23.3. The first-order chi connectivity index (χ1) is 35.5. The summed E-state index contributed by atoms with van der Waals surface area (Å²) in [6.45, 7) is -2.13. The molecule has 0 atom stereocenters. The topological polar surface area (TPSA) is 24.8 Å². The van der Waals surface area contributed by atoms with Crippen molar-refractivity contribution in [3.63, 3.8) is 0 Å². The van der Waals surface area contributed by atoms with Gasteiger partial charge in [-0.3, -0.25) is 0 Å². The van der Waals surface area contributed by atoms with Crippen LogP contribution in [0.25, 0.3) is 38.5 Å². The molecule has 0 amide bonds. The molecule has 2 N–H and O–H groups in total. The van der Waals surface area contributed by atoms with Crippen molar-refractivity contribution >= 4 is 55.6 Å². The van der Waals surface area contributed by atoms with Gasteiger partial charge in [-0.05, 0) is 89.2 Å². The van der Waals surface area contributed by atoms with Crippen LogP contribution in [0.4, 0.5) is 96.1 Å². The lowest BCUT2D eigenvalue weighted by Gasteiger charge is -2.33. The van der Waals surface area contributed by atoms with Crippen LogP contribution >= 0.6 is 0 Å². The van der Waals surface area contributed by atoms with Crippen LogP contribution in [0.5, 0.6) is 0 Å². The average molecular weight is 1090 g/mol. The quantitative estimate of drug-likeness (QED) is 0.0672. The van der Waals surface area contributed by atoms with Crippen LogP contribution in [0.2, 0.25) is 0 Å². The molecule has 0 fully saturated rings. The second-order valence-electron chi connectivity index (χ2n) is 18.1. The number of alkyl halides is 18. The lowest BCUT2D eigenvalue weighted by molar-refractivity contribution is -0.575. The predicted molar refractivity (Wildman–Crippen MR) is 253 cm³/mol. The molecule has 7 aromatic rings. The maximum atomic E-state index is 15.2. The van der Waals surface area contributed by atoms with Crippen LogP contribution in [0, 0.1) is 0 Å². The molecule has 0 unspecified atom stereocenters. The Morgan fingerprint density at radius 2 is 1.01 bits per heavy atom. The summed E-state index contributed by atoms with van der Waals surface area (Å²) in [7, 11) is 0. The van der Waals surface area contributed by atoms with Crippen molar-refractivity contribution in [2.24, 2.45) is 0 Å². The monoisotopic (exact) mass is 1090 g/mol. The van der Waals surface area contributed by atoms with Crippen molar-refractivity contribution in [3.8, 4) is 0 Å². The minimum absolute atomic E-state index is 0.139. The second-order valence-corrected chi connectivity index (χ2v) is 18.1. The highest BCUT2D eigenvalue weighted by atomic mass is 19.4. The Balaban J connectivity index is 1.19. The number of aryl methyl sites for hydroxylation is 1. The van der Waals surface area contributed by atoms with Gasteiger partial charge in [-0.25, -0.2) is 0 Å². The summed E-state index contributed by atoms with van der Waals surface area (Å²) in [5.74, 6) is -39.3. The first-order valence-electron chi connectivity index (χ1n) is 23.3. The van der Waals surface area contributed by atoms with E-state index in [1.807, 2.05) is 35.2 Å². The molecule has 0 aliphatic heterocycles. The Morgan fingerprint density at radius 1 is 0.500 bits per heavy atom. The molecule has 1 heterocycles. The summed E-state index contributed by atoms with van der Waals surface area (Å²) in [6.07, 6.45) is -10.5. The summed E-state index contributed by atoms with van der Waals surface area (Å²) in [5, 5.41) is 3.67. The smallest absolute Gasteiger partial charge is 0.340 e. The third kappa shape index (κ3) is 9.90. The molecule has 0 saturated heterocycles. The standard InChI is InChI=1S/C55H41F18N3/c56-48(57,50(60,61)52(64,65)54(68,69)70)30-32-74-42-24-10-16-35-13-7-12-34(45(35)42)14-8-18-37-26-27-38(47(37)76(39-19-3-1-4-20-39)40-21-5-2-6-22-40)28-29-43-41-23-9-15-36-17-11-25-44(46(36)41)75(43)33-31-49(58,59)51(62,63)53(66,67)55(71,72)73/h1-13,15-25,28-29,74H,14,26-27,30-33H2/p+1/b18-8+,38-28+,43-29+. The number of anilines is 2. The highest BCUT2D eigenvalue weighted by Crippen LogP contribution is 2.55. The number of halogens is 18. The highest BCUT2D eigenvalue weighted by Gasteiger charge is 2.82. The molecular formula is C55H42F18N3+. The Hall–Kier alpha value is -6.90. The van der Waals surface area contributed by atoms with E-state index in [0.717, 1.165) is 10.9 Å². The van der Waals surface area contributed by atoms with Gasteiger partial charge in [0.25, 0.3) is 0 Å². The van der Waals surface area contributed by atoms with Gasteiger partial charge < -0.3 is 14.8 Å². The van der Waals surface area contributed by atoms with Crippen LogP contribution in [0.1, 0.15) is 31.2 Å². The largest absolute Gasteiger partial charge is 0.460 e. The Morgan fingerprint density at radius 3 is 1.58 bits per heavy atom. The first kappa shape index (κ1) is 55.3. The molecule has 0 spiro atoms. The lowest BCUT2D eigenvalue weighted by atomic mass is 9.99. The van der Waals surface area contributed by atoms with Gasteiger partial charge in [0.05, 0.1) is 18.7 Å². The van der Waals surface area contributed by atoms with E-state index in [0.29, 0.717) is 68.0 Å². The minimum atomic E-state index is -7.06. The van der Waals surface area contributed by atoms with Crippen molar-refractivity contribution in [2.45, 2.75) is 86.5 Å². The van der Waals surface area contributed by atoms with Crippen LogP contribution in [-0.4, -0.2) is 59.0 Å². The van der Waals surface area contributed by atoms with Crippen LogP contribution in [0.15, 0.2) is 169 Å². The summed E-state index contributed by atoms with van der Waals surface area (Å²) < 4.78 is 250. The number of hydrogen-bond donors (Lipinski definition) is 1. The summed E-state index contributed by atoms with van der Waals surface area (Å²) in [4.78, 5) is 1.94. The third-order valence-corrected chi connectivity index (χ3v) is 13.3. The van der Waals surface area contributed by atoms with Gasteiger partial charge >= 0.3 is 47.9 Å². The van der Waals surface area contributed by atoms with Gasteiger partial charge in [-0.15, -0.1) is 0 Å². The number of aromatic nitrogens is 1. The number of nitrogens with zero attached hydrogens (tertiary/aromatic N) is 2. The van der Waals surface area contributed by atoms with Crippen molar-refractivity contribution in [1.82, 2.24) is 4.57 Å². The molecular weight excluding hydrogens is 1040 g/mol. The average Bonchev–Trinajstić information content (AvgIpc) is 3.90. The number of fused-ring (bicyclic) bond motifs is 1. The van der Waals surface area contributed by atoms with Crippen LogP contribution < -0.4 is 15.6 Å². The number of allylic oxidation sites excluding steroid dienone is 5. The maximum absolute atomic E-state index is 15.2. The summed E-state index contributed by atoms with van der Waals surface area (Å²) in [6, 6.07) is 37.3. The number of nitrogens with two attached hydrogens (primary N) is 1. The van der Waals surface area contributed by atoms with Crippen molar-refractivity contribution in [1.29, 1.82) is 0 Å². The number of para-hydroxylation sites is 2. The number of quaternary nitrogens is 1. The minimum Gasteiger partial charge on any atom is -0.340 e. The van der Waals surface area contributed by atoms with Crippen molar-refractivity contribution < 1.29 is 84.3 Å². The van der Waals surface area contributed by atoms with Gasteiger partial charge in [0.2, 0.25) is 0 Å². The Kier molecular flexibility index (Phi) is 14.7. The normalized spacial score (nSPS) is 15.7.